The molecule has 0 saturated heterocycles. The van der Waals surface area contributed by atoms with Crippen molar-refractivity contribution in [3.05, 3.63) is 58.8 Å². The van der Waals surface area contributed by atoms with Crippen LogP contribution in [0.1, 0.15) is 37.0 Å². The first-order chi connectivity index (χ1) is 11.0. The predicted octanol–water partition coefficient (Wildman–Crippen LogP) is 3.58. The monoisotopic (exact) mass is 318 g/mol. The van der Waals surface area contributed by atoms with Crippen LogP contribution >= 0.6 is 0 Å². The minimum atomic E-state index is -0.394. The molecule has 1 aliphatic rings. The lowest BCUT2D eigenvalue weighted by Crippen LogP contribution is -2.12. The first-order valence-corrected chi connectivity index (χ1v) is 7.44. The molecule has 0 atom stereocenters. The molecule has 1 aliphatic heterocycles. The standard InChI is InChI=1S/C18H19FO4/c1-12(11-18-13(2)22-9-10-23-18)16(20)7-8-17(21)14-3-5-15(19)6-4-14/h3-6,11H,7-10H2,1-2H3/b12-11+. The highest BCUT2D eigenvalue weighted by Gasteiger charge is 2.14. The summed E-state index contributed by atoms with van der Waals surface area (Å²) in [7, 11) is 0. The second kappa shape index (κ2) is 7.72. The van der Waals surface area contributed by atoms with E-state index in [1.165, 1.54) is 24.3 Å². The smallest absolute Gasteiger partial charge is 0.163 e. The number of allylic oxidation sites excluding steroid dienone is 3. The molecule has 1 heterocycles. The molecule has 4 nitrogen and oxygen atoms in total. The molecule has 0 fully saturated rings. The second-order valence-corrected chi connectivity index (χ2v) is 5.30. The fourth-order valence-electron chi connectivity index (χ4n) is 2.14. The largest absolute Gasteiger partial charge is 0.491 e. The number of halogens is 1. The van der Waals surface area contributed by atoms with Crippen molar-refractivity contribution in [1.29, 1.82) is 0 Å². The maximum atomic E-state index is 12.8. The van der Waals surface area contributed by atoms with Crippen molar-refractivity contribution in [2.24, 2.45) is 0 Å². The highest BCUT2D eigenvalue weighted by molar-refractivity contribution is 6.01. The zero-order valence-corrected chi connectivity index (χ0v) is 13.2. The molecule has 0 aromatic heterocycles. The van der Waals surface area contributed by atoms with Gasteiger partial charge >= 0.3 is 0 Å². The van der Waals surface area contributed by atoms with E-state index in [0.29, 0.717) is 35.9 Å². The third-order valence-electron chi connectivity index (χ3n) is 3.54. The fraction of sp³-hybridized carbons (Fsp3) is 0.333. The topological polar surface area (TPSA) is 52.6 Å². The van der Waals surface area contributed by atoms with Crippen LogP contribution < -0.4 is 0 Å². The molecule has 0 spiro atoms. The zero-order chi connectivity index (χ0) is 16.8. The Morgan fingerprint density at radius 2 is 1.78 bits per heavy atom. The van der Waals surface area contributed by atoms with Gasteiger partial charge in [0.25, 0.3) is 0 Å². The Hall–Kier alpha value is -2.43. The molecular weight excluding hydrogens is 299 g/mol. The number of ether oxygens (including phenoxy) is 2. The van der Waals surface area contributed by atoms with Crippen LogP contribution in [0.2, 0.25) is 0 Å². The number of carbonyl (C=O) groups is 2. The van der Waals surface area contributed by atoms with Gasteiger partial charge in [0.1, 0.15) is 24.8 Å². The van der Waals surface area contributed by atoms with Crippen LogP contribution in [0.3, 0.4) is 0 Å². The quantitative estimate of drug-likeness (QED) is 0.594. The highest BCUT2D eigenvalue weighted by atomic mass is 19.1. The molecule has 0 amide bonds. The molecular formula is C18H19FO4. The van der Waals surface area contributed by atoms with Gasteiger partial charge in [-0.1, -0.05) is 0 Å². The minimum absolute atomic E-state index is 0.0883. The molecule has 0 aliphatic carbocycles. The van der Waals surface area contributed by atoms with Crippen LogP contribution in [-0.4, -0.2) is 24.8 Å². The van der Waals surface area contributed by atoms with Crippen molar-refractivity contribution in [2.45, 2.75) is 26.7 Å². The molecule has 0 N–H and O–H groups in total. The van der Waals surface area contributed by atoms with E-state index in [1.807, 2.05) is 0 Å². The molecule has 0 unspecified atom stereocenters. The van der Waals surface area contributed by atoms with E-state index in [1.54, 1.807) is 19.9 Å². The van der Waals surface area contributed by atoms with Crippen molar-refractivity contribution in [2.75, 3.05) is 13.2 Å². The lowest BCUT2D eigenvalue weighted by Gasteiger charge is -2.18. The molecule has 1 aromatic carbocycles. The average molecular weight is 318 g/mol. The van der Waals surface area contributed by atoms with Gasteiger partial charge in [-0.05, 0) is 49.8 Å². The van der Waals surface area contributed by atoms with Crippen LogP contribution in [0.5, 0.6) is 0 Å². The van der Waals surface area contributed by atoms with E-state index in [2.05, 4.69) is 0 Å². The number of hydrogen-bond acceptors (Lipinski definition) is 4. The van der Waals surface area contributed by atoms with E-state index >= 15 is 0 Å². The van der Waals surface area contributed by atoms with Crippen molar-refractivity contribution >= 4 is 11.6 Å². The van der Waals surface area contributed by atoms with Crippen LogP contribution in [-0.2, 0) is 14.3 Å². The first kappa shape index (κ1) is 16.9. The molecule has 5 heteroatoms. The summed E-state index contributed by atoms with van der Waals surface area (Å²) in [5, 5.41) is 0. The molecule has 0 radical (unpaired) electrons. The molecule has 122 valence electrons. The summed E-state index contributed by atoms with van der Waals surface area (Å²) < 4.78 is 23.6. The Morgan fingerprint density at radius 1 is 1.13 bits per heavy atom. The van der Waals surface area contributed by atoms with Crippen LogP contribution in [0.25, 0.3) is 0 Å². The van der Waals surface area contributed by atoms with Crippen molar-refractivity contribution in [3.63, 3.8) is 0 Å². The third kappa shape index (κ3) is 4.77. The summed E-state index contributed by atoms with van der Waals surface area (Å²) in [5.74, 6) is 0.487. The van der Waals surface area contributed by atoms with Crippen LogP contribution in [0.15, 0.2) is 47.4 Å². The van der Waals surface area contributed by atoms with Crippen LogP contribution in [0, 0.1) is 5.82 Å². The van der Waals surface area contributed by atoms with E-state index in [0.717, 1.165) is 0 Å². The SMILES string of the molecule is CC1=C(/C=C(\C)C(=O)CCC(=O)c2ccc(F)cc2)OCCO1. The number of Topliss-reactive ketones (excluding diaryl/α,β-unsaturated/α-hetero) is 2. The molecule has 0 bridgehead atoms. The summed E-state index contributed by atoms with van der Waals surface area (Å²) in [6.07, 6.45) is 1.83. The summed E-state index contributed by atoms with van der Waals surface area (Å²) in [4.78, 5) is 24.1. The fourth-order valence-corrected chi connectivity index (χ4v) is 2.14. The highest BCUT2D eigenvalue weighted by Crippen LogP contribution is 2.17. The van der Waals surface area contributed by atoms with Gasteiger partial charge in [0, 0.05) is 18.4 Å². The maximum Gasteiger partial charge on any atom is 0.163 e. The summed E-state index contributed by atoms with van der Waals surface area (Å²) in [5.41, 5.74) is 0.917. The van der Waals surface area contributed by atoms with Gasteiger partial charge in [0.05, 0.1) is 0 Å². The van der Waals surface area contributed by atoms with E-state index in [-0.39, 0.29) is 24.4 Å². The van der Waals surface area contributed by atoms with Crippen molar-refractivity contribution in [3.8, 4) is 0 Å². The van der Waals surface area contributed by atoms with Crippen molar-refractivity contribution in [1.82, 2.24) is 0 Å². The zero-order valence-electron chi connectivity index (χ0n) is 13.2. The number of carbonyl (C=O) groups excluding carboxylic acids is 2. The van der Waals surface area contributed by atoms with Gasteiger partial charge < -0.3 is 9.47 Å². The molecule has 2 rings (SSSR count). The molecule has 1 aromatic rings. The Bertz CT molecular complexity index is 656. The third-order valence-corrected chi connectivity index (χ3v) is 3.54. The van der Waals surface area contributed by atoms with E-state index < -0.39 is 5.82 Å². The minimum Gasteiger partial charge on any atom is -0.491 e. The van der Waals surface area contributed by atoms with Gasteiger partial charge in [0.15, 0.2) is 17.3 Å². The maximum absolute atomic E-state index is 12.8. The predicted molar refractivity (Wildman–Crippen MR) is 83.3 cm³/mol. The second-order valence-electron chi connectivity index (χ2n) is 5.30. The Balaban J connectivity index is 1.93. The number of ketones is 2. The summed E-state index contributed by atoms with van der Waals surface area (Å²) in [6, 6.07) is 5.31. The molecule has 23 heavy (non-hydrogen) atoms. The average Bonchev–Trinajstić information content (AvgIpc) is 2.55. The summed E-state index contributed by atoms with van der Waals surface area (Å²) in [6.45, 7) is 4.42. The first-order valence-electron chi connectivity index (χ1n) is 7.44. The number of benzene rings is 1. The van der Waals surface area contributed by atoms with Gasteiger partial charge in [0.2, 0.25) is 0 Å². The van der Waals surface area contributed by atoms with Gasteiger partial charge in [-0.15, -0.1) is 0 Å². The van der Waals surface area contributed by atoms with E-state index in [4.69, 9.17) is 9.47 Å². The van der Waals surface area contributed by atoms with Gasteiger partial charge in [-0.25, -0.2) is 4.39 Å². The van der Waals surface area contributed by atoms with Gasteiger partial charge in [-0.2, -0.15) is 0 Å². The lowest BCUT2D eigenvalue weighted by molar-refractivity contribution is -0.115. The van der Waals surface area contributed by atoms with E-state index in [9.17, 15) is 14.0 Å². The summed E-state index contributed by atoms with van der Waals surface area (Å²) >= 11 is 0. The number of rotatable bonds is 6. The Kier molecular flexibility index (Phi) is 5.68. The Morgan fingerprint density at radius 3 is 2.43 bits per heavy atom. The van der Waals surface area contributed by atoms with Crippen molar-refractivity contribution < 1.29 is 23.5 Å². The van der Waals surface area contributed by atoms with Gasteiger partial charge in [-0.3, -0.25) is 9.59 Å². The molecule has 0 saturated carbocycles. The Labute approximate surface area is 134 Å². The van der Waals surface area contributed by atoms with Crippen LogP contribution in [0.4, 0.5) is 4.39 Å². The lowest BCUT2D eigenvalue weighted by atomic mass is 10.0. The number of hydrogen-bond donors (Lipinski definition) is 0. The normalized spacial score (nSPS) is 15.0.